The summed E-state index contributed by atoms with van der Waals surface area (Å²) in [5.41, 5.74) is 6.70. The lowest BCUT2D eigenvalue weighted by Gasteiger charge is -2.30. The number of likely N-dealkylation sites (tertiary alicyclic amines) is 1. The van der Waals surface area contributed by atoms with Crippen LogP contribution < -0.4 is 10.6 Å². The number of aromatic nitrogens is 6. The van der Waals surface area contributed by atoms with Crippen molar-refractivity contribution in [2.45, 2.75) is 69.7 Å². The fraction of sp³-hybridized carbons (Fsp3) is 0.405. The Hall–Kier alpha value is -5.89. The maximum atomic E-state index is 13.6. The standard InChI is InChI=1S/C42H47N9O5/c1-24(55-2)37(50-42(54)56-3)41(53)51-18-4-5-34(51)38-45-22-32(48-38)27-10-6-25(7-11-27)26-8-12-28(13-9-26)33-23-46-39(49-33)35-29-14-15-30(19-29)36(35)40(52)47-21-31-20-43-16-17-44-31/h6-13,16-17,20,22-24,29-30,34-37H,4-5,14-15,18-19,21H2,1-3H3,(H,45,48)(H,46,49)(H,47,52)(H,50,54)/t24-,29?,30?,34+,35?,36+,37+/m1/s1. The number of ether oxygens (including phenoxy) is 2. The average Bonchev–Trinajstić information content (AvgIpc) is 4.10. The molecule has 56 heavy (non-hydrogen) atoms. The van der Waals surface area contributed by atoms with Gasteiger partial charge in [-0.05, 0) is 73.1 Å². The van der Waals surface area contributed by atoms with Gasteiger partial charge in [0.1, 0.15) is 17.7 Å². The first-order chi connectivity index (χ1) is 27.3. The largest absolute Gasteiger partial charge is 0.453 e. The van der Waals surface area contributed by atoms with Gasteiger partial charge in [-0.3, -0.25) is 19.6 Å². The highest BCUT2D eigenvalue weighted by Gasteiger charge is 2.52. The summed E-state index contributed by atoms with van der Waals surface area (Å²) in [6.45, 7) is 2.66. The van der Waals surface area contributed by atoms with E-state index in [9.17, 15) is 14.4 Å². The number of alkyl carbamates (subject to hydrolysis) is 1. The first-order valence-corrected chi connectivity index (χ1v) is 19.3. The Balaban J connectivity index is 0.918. The normalized spacial score (nSPS) is 22.5. The van der Waals surface area contributed by atoms with Crippen LogP contribution in [-0.4, -0.2) is 85.6 Å². The van der Waals surface area contributed by atoms with Gasteiger partial charge in [-0.2, -0.15) is 0 Å². The molecule has 14 nitrogen and oxygen atoms in total. The minimum Gasteiger partial charge on any atom is -0.453 e. The maximum absolute atomic E-state index is 13.6. The molecule has 3 fully saturated rings. The summed E-state index contributed by atoms with van der Waals surface area (Å²) in [7, 11) is 2.77. The van der Waals surface area contributed by atoms with Gasteiger partial charge in [-0.15, -0.1) is 0 Å². The van der Waals surface area contributed by atoms with Crippen molar-refractivity contribution in [2.75, 3.05) is 20.8 Å². The predicted octanol–water partition coefficient (Wildman–Crippen LogP) is 5.79. The smallest absolute Gasteiger partial charge is 0.407 e. The molecular formula is C42H47N9O5. The molecule has 2 bridgehead atoms. The number of imidazole rings is 2. The zero-order chi connectivity index (χ0) is 38.8. The lowest BCUT2D eigenvalue weighted by molar-refractivity contribution is -0.137. The predicted molar refractivity (Wildman–Crippen MR) is 207 cm³/mol. The van der Waals surface area contributed by atoms with Gasteiger partial charge in [-0.25, -0.2) is 14.8 Å². The monoisotopic (exact) mass is 757 g/mol. The molecule has 2 aromatic carbocycles. The summed E-state index contributed by atoms with van der Waals surface area (Å²) in [4.78, 5) is 65.8. The lowest BCUT2D eigenvalue weighted by Crippen LogP contribution is -2.54. The van der Waals surface area contributed by atoms with Gasteiger partial charge in [0, 0.05) is 32.0 Å². The molecule has 7 atom stereocenters. The molecule has 3 amide bonds. The highest BCUT2D eigenvalue weighted by Crippen LogP contribution is 2.56. The fourth-order valence-electron chi connectivity index (χ4n) is 8.96. The molecule has 0 radical (unpaired) electrons. The molecule has 1 saturated heterocycles. The number of aromatic amines is 2. The van der Waals surface area contributed by atoms with Crippen LogP contribution in [0.2, 0.25) is 0 Å². The molecule has 290 valence electrons. The van der Waals surface area contributed by atoms with Crippen LogP contribution in [-0.2, 0) is 25.6 Å². The van der Waals surface area contributed by atoms with Crippen LogP contribution in [0.4, 0.5) is 4.79 Å². The number of hydrogen-bond acceptors (Lipinski definition) is 9. The second kappa shape index (κ2) is 16.1. The minimum absolute atomic E-state index is 0.0686. The molecule has 1 aliphatic heterocycles. The van der Waals surface area contributed by atoms with E-state index in [4.69, 9.17) is 14.5 Å². The number of rotatable bonds is 12. The Bertz CT molecular complexity index is 2150. The van der Waals surface area contributed by atoms with Crippen molar-refractivity contribution < 1.29 is 23.9 Å². The summed E-state index contributed by atoms with van der Waals surface area (Å²) >= 11 is 0. The summed E-state index contributed by atoms with van der Waals surface area (Å²) in [6.07, 6.45) is 12.2. The van der Waals surface area contributed by atoms with E-state index in [1.807, 2.05) is 6.20 Å². The third-order valence-corrected chi connectivity index (χ3v) is 11.9. The fourth-order valence-corrected chi connectivity index (χ4v) is 8.96. The van der Waals surface area contributed by atoms with Crippen molar-refractivity contribution in [3.8, 4) is 33.6 Å². The molecule has 3 unspecified atom stereocenters. The first kappa shape index (κ1) is 37.1. The van der Waals surface area contributed by atoms with E-state index >= 15 is 0 Å². The highest BCUT2D eigenvalue weighted by molar-refractivity contribution is 5.87. The highest BCUT2D eigenvalue weighted by atomic mass is 16.5. The number of nitrogens with zero attached hydrogens (tertiary/aromatic N) is 5. The SMILES string of the molecule is COC(=O)N[C@H](C(=O)N1CCC[C@H]1c1ncc(-c2ccc(-c3ccc(-c4cnc(C5C6CCC(C6)[C@@H]5C(=O)NCc5cnccn5)[nH]4)cc3)cc2)[nH]1)[C@@H](C)OC. The Kier molecular flexibility index (Phi) is 10.6. The third kappa shape index (κ3) is 7.40. The number of nitrogens with one attached hydrogen (secondary N) is 4. The zero-order valence-electron chi connectivity index (χ0n) is 31.8. The molecule has 8 rings (SSSR count). The second-order valence-electron chi connectivity index (χ2n) is 15.1. The number of benzene rings is 2. The second-order valence-corrected chi connectivity index (χ2v) is 15.1. The van der Waals surface area contributed by atoms with Gasteiger partial charge in [0.15, 0.2) is 0 Å². The Morgan fingerprint density at radius 1 is 0.821 bits per heavy atom. The molecule has 4 heterocycles. The van der Waals surface area contributed by atoms with Gasteiger partial charge in [0.2, 0.25) is 11.8 Å². The Morgan fingerprint density at radius 2 is 1.46 bits per heavy atom. The van der Waals surface area contributed by atoms with E-state index in [1.165, 1.54) is 14.2 Å². The minimum atomic E-state index is -0.886. The van der Waals surface area contributed by atoms with Crippen LogP contribution in [0.15, 0.2) is 79.5 Å². The number of amides is 3. The van der Waals surface area contributed by atoms with Crippen LogP contribution >= 0.6 is 0 Å². The van der Waals surface area contributed by atoms with Gasteiger partial charge < -0.3 is 35.0 Å². The van der Waals surface area contributed by atoms with Crippen molar-refractivity contribution in [1.29, 1.82) is 0 Å². The van der Waals surface area contributed by atoms with Gasteiger partial charge in [0.05, 0.1) is 67.4 Å². The molecule has 5 aromatic rings. The van der Waals surface area contributed by atoms with E-state index in [-0.39, 0.29) is 29.7 Å². The van der Waals surface area contributed by atoms with Crippen molar-refractivity contribution >= 4 is 17.9 Å². The van der Waals surface area contributed by atoms with Crippen LogP contribution in [0.25, 0.3) is 33.6 Å². The van der Waals surface area contributed by atoms with Gasteiger partial charge in [-0.1, -0.05) is 48.5 Å². The number of carbonyl (C=O) groups is 3. The number of carbonyl (C=O) groups excluding carboxylic acids is 3. The Morgan fingerprint density at radius 3 is 2.11 bits per heavy atom. The summed E-state index contributed by atoms with van der Waals surface area (Å²) in [6, 6.07) is 15.6. The lowest BCUT2D eigenvalue weighted by atomic mass is 9.78. The molecule has 0 spiro atoms. The zero-order valence-corrected chi connectivity index (χ0v) is 31.8. The average molecular weight is 758 g/mol. The van der Waals surface area contributed by atoms with E-state index in [0.717, 1.165) is 77.3 Å². The molecular weight excluding hydrogens is 711 g/mol. The quantitative estimate of drug-likeness (QED) is 0.123. The van der Waals surface area contributed by atoms with E-state index in [0.29, 0.717) is 30.7 Å². The van der Waals surface area contributed by atoms with Crippen LogP contribution in [0.3, 0.4) is 0 Å². The molecule has 2 saturated carbocycles. The summed E-state index contributed by atoms with van der Waals surface area (Å²) in [5, 5.41) is 5.74. The van der Waals surface area contributed by atoms with Crippen LogP contribution in [0, 0.1) is 17.8 Å². The number of hydrogen-bond donors (Lipinski definition) is 4. The molecule has 4 N–H and O–H groups in total. The van der Waals surface area contributed by atoms with Crippen LogP contribution in [0.5, 0.6) is 0 Å². The molecule has 2 aliphatic carbocycles. The van der Waals surface area contributed by atoms with Crippen molar-refractivity contribution in [3.05, 3.63) is 96.9 Å². The van der Waals surface area contributed by atoms with Crippen LogP contribution in [0.1, 0.15) is 68.3 Å². The topological polar surface area (TPSA) is 180 Å². The van der Waals surface area contributed by atoms with E-state index in [1.54, 1.807) is 36.6 Å². The van der Waals surface area contributed by atoms with Gasteiger partial charge >= 0.3 is 6.09 Å². The van der Waals surface area contributed by atoms with Crippen molar-refractivity contribution in [2.24, 2.45) is 17.8 Å². The summed E-state index contributed by atoms with van der Waals surface area (Å²) < 4.78 is 10.2. The Labute approximate surface area is 325 Å². The van der Waals surface area contributed by atoms with Gasteiger partial charge in [0.25, 0.3) is 0 Å². The third-order valence-electron chi connectivity index (χ3n) is 11.9. The number of fused-ring (bicyclic) bond motifs is 2. The molecule has 3 aliphatic rings. The van der Waals surface area contributed by atoms with E-state index in [2.05, 4.69) is 84.1 Å². The summed E-state index contributed by atoms with van der Waals surface area (Å²) in [5.74, 6) is 2.21. The number of H-pyrrole nitrogens is 2. The maximum Gasteiger partial charge on any atom is 0.407 e. The first-order valence-electron chi connectivity index (χ1n) is 19.3. The molecule has 14 heteroatoms. The number of methoxy groups -OCH3 is 2. The van der Waals surface area contributed by atoms with Crippen molar-refractivity contribution in [3.63, 3.8) is 0 Å². The van der Waals surface area contributed by atoms with Crippen molar-refractivity contribution in [1.82, 2.24) is 45.4 Å². The van der Waals surface area contributed by atoms with E-state index < -0.39 is 18.2 Å². The molecule has 3 aromatic heterocycles.